The number of benzene rings is 1. The van der Waals surface area contributed by atoms with Crippen molar-refractivity contribution in [2.75, 3.05) is 6.61 Å². The highest BCUT2D eigenvalue weighted by molar-refractivity contribution is 5.41. The van der Waals surface area contributed by atoms with Crippen LogP contribution in [0.5, 0.6) is 5.75 Å². The van der Waals surface area contributed by atoms with Gasteiger partial charge in [-0.15, -0.1) is 0 Å². The molecule has 0 spiro atoms. The molecular weight excluding hydrogens is 186 g/mol. The highest BCUT2D eigenvalue weighted by atomic mass is 16.5. The topological polar surface area (TPSA) is 33.0 Å². The smallest absolute Gasteiger partial charge is 0.123 e. The zero-order valence-electron chi connectivity index (χ0n) is 9.58. The van der Waals surface area contributed by atoms with Crippen molar-refractivity contribution in [3.05, 3.63) is 29.3 Å². The van der Waals surface area contributed by atoms with Gasteiger partial charge in [-0.3, -0.25) is 0 Å². The predicted octanol–water partition coefficient (Wildman–Crippen LogP) is 3.29. The molecule has 0 atom stereocenters. The molecule has 2 nitrogen and oxygen atoms in total. The summed E-state index contributed by atoms with van der Waals surface area (Å²) in [5, 5.41) is 8.76. The summed E-state index contributed by atoms with van der Waals surface area (Å²) in [5.41, 5.74) is 1.73. The molecule has 0 heterocycles. The van der Waals surface area contributed by atoms with Crippen molar-refractivity contribution in [1.82, 2.24) is 0 Å². The van der Waals surface area contributed by atoms with Crippen LogP contribution in [0.4, 0.5) is 0 Å². The quantitative estimate of drug-likeness (QED) is 0.752. The molecule has 1 rings (SSSR count). The van der Waals surface area contributed by atoms with E-state index in [0.29, 0.717) is 18.1 Å². The molecule has 0 unspecified atom stereocenters. The third-order valence-corrected chi connectivity index (χ3v) is 2.27. The van der Waals surface area contributed by atoms with Crippen molar-refractivity contribution in [1.29, 1.82) is 5.26 Å². The first-order chi connectivity index (χ1) is 7.13. The average molecular weight is 203 g/mol. The third kappa shape index (κ3) is 3.63. The zero-order chi connectivity index (χ0) is 11.3. The van der Waals surface area contributed by atoms with Gasteiger partial charge in [0.15, 0.2) is 0 Å². The first kappa shape index (κ1) is 11.6. The lowest BCUT2D eigenvalue weighted by molar-refractivity contribution is 0.288. The van der Waals surface area contributed by atoms with Gasteiger partial charge in [-0.25, -0.2) is 0 Å². The summed E-state index contributed by atoms with van der Waals surface area (Å²) < 4.78 is 5.64. The Bertz CT molecular complexity index is 363. The van der Waals surface area contributed by atoms with Gasteiger partial charge in [-0.2, -0.15) is 5.26 Å². The molecule has 0 aliphatic rings. The molecule has 0 amide bonds. The number of ether oxygens (including phenoxy) is 1. The van der Waals surface area contributed by atoms with Crippen LogP contribution >= 0.6 is 0 Å². The minimum absolute atomic E-state index is 0.643. The van der Waals surface area contributed by atoms with Gasteiger partial charge in [-0.05, 0) is 37.0 Å². The van der Waals surface area contributed by atoms with Gasteiger partial charge in [0.2, 0.25) is 0 Å². The van der Waals surface area contributed by atoms with Gasteiger partial charge >= 0.3 is 0 Å². The largest absolute Gasteiger partial charge is 0.493 e. The van der Waals surface area contributed by atoms with Crippen molar-refractivity contribution in [3.63, 3.8) is 0 Å². The number of rotatable bonds is 4. The third-order valence-electron chi connectivity index (χ3n) is 2.27. The maximum absolute atomic E-state index is 8.76. The highest BCUT2D eigenvalue weighted by Crippen LogP contribution is 2.19. The number of nitrogens with zero attached hydrogens (tertiary/aromatic N) is 1. The number of hydrogen-bond acceptors (Lipinski definition) is 2. The van der Waals surface area contributed by atoms with E-state index in [1.807, 2.05) is 19.1 Å². The van der Waals surface area contributed by atoms with Gasteiger partial charge in [0, 0.05) is 0 Å². The van der Waals surface area contributed by atoms with E-state index in [0.717, 1.165) is 17.7 Å². The molecule has 0 radical (unpaired) electrons. The standard InChI is InChI=1S/C13H17NO/c1-10(2)6-7-15-13-8-12(9-14)5-4-11(13)3/h4-5,8,10H,6-7H2,1-3H3. The number of nitriles is 1. The molecule has 1 aromatic carbocycles. The van der Waals surface area contributed by atoms with Crippen LogP contribution in [0.1, 0.15) is 31.4 Å². The molecule has 80 valence electrons. The lowest BCUT2D eigenvalue weighted by Gasteiger charge is -2.10. The predicted molar refractivity (Wildman–Crippen MR) is 60.8 cm³/mol. The van der Waals surface area contributed by atoms with Crippen molar-refractivity contribution in [2.45, 2.75) is 27.2 Å². The monoisotopic (exact) mass is 203 g/mol. The van der Waals surface area contributed by atoms with Gasteiger partial charge in [0.05, 0.1) is 18.2 Å². The van der Waals surface area contributed by atoms with Crippen LogP contribution in [-0.2, 0) is 0 Å². The molecule has 15 heavy (non-hydrogen) atoms. The molecule has 0 aromatic heterocycles. The Morgan fingerprint density at radius 1 is 1.40 bits per heavy atom. The molecule has 0 saturated heterocycles. The lowest BCUT2D eigenvalue weighted by Crippen LogP contribution is -2.02. The van der Waals surface area contributed by atoms with E-state index in [4.69, 9.17) is 10.00 Å². The van der Waals surface area contributed by atoms with Gasteiger partial charge in [-0.1, -0.05) is 19.9 Å². The summed E-state index contributed by atoms with van der Waals surface area (Å²) in [6.07, 6.45) is 1.04. The molecule has 1 aromatic rings. The van der Waals surface area contributed by atoms with E-state index >= 15 is 0 Å². The summed E-state index contributed by atoms with van der Waals surface area (Å²) in [6.45, 7) is 7.04. The van der Waals surface area contributed by atoms with E-state index in [2.05, 4.69) is 19.9 Å². The second-order valence-electron chi connectivity index (χ2n) is 4.12. The van der Waals surface area contributed by atoms with Crippen LogP contribution in [0.15, 0.2) is 18.2 Å². The van der Waals surface area contributed by atoms with Gasteiger partial charge < -0.3 is 4.74 Å². The first-order valence-corrected chi connectivity index (χ1v) is 5.27. The second kappa shape index (κ2) is 5.41. The number of aryl methyl sites for hydroxylation is 1. The summed E-state index contributed by atoms with van der Waals surface area (Å²) in [5.74, 6) is 1.47. The highest BCUT2D eigenvalue weighted by Gasteiger charge is 2.02. The maximum Gasteiger partial charge on any atom is 0.123 e. The SMILES string of the molecule is Cc1ccc(C#N)cc1OCCC(C)C. The summed E-state index contributed by atoms with van der Waals surface area (Å²) in [7, 11) is 0. The molecule has 2 heteroatoms. The summed E-state index contributed by atoms with van der Waals surface area (Å²) in [4.78, 5) is 0. The van der Waals surface area contributed by atoms with Crippen molar-refractivity contribution >= 4 is 0 Å². The fourth-order valence-electron chi connectivity index (χ4n) is 1.23. The Morgan fingerprint density at radius 2 is 2.13 bits per heavy atom. The lowest BCUT2D eigenvalue weighted by atomic mass is 10.1. The second-order valence-corrected chi connectivity index (χ2v) is 4.12. The minimum Gasteiger partial charge on any atom is -0.493 e. The Labute approximate surface area is 91.5 Å². The maximum atomic E-state index is 8.76. The van der Waals surface area contributed by atoms with Crippen LogP contribution < -0.4 is 4.74 Å². The molecule has 0 N–H and O–H groups in total. The van der Waals surface area contributed by atoms with Crippen molar-refractivity contribution < 1.29 is 4.74 Å². The Morgan fingerprint density at radius 3 is 2.73 bits per heavy atom. The van der Waals surface area contributed by atoms with E-state index in [1.54, 1.807) is 6.07 Å². The van der Waals surface area contributed by atoms with Crippen LogP contribution in [0.3, 0.4) is 0 Å². The summed E-state index contributed by atoms with van der Waals surface area (Å²) >= 11 is 0. The van der Waals surface area contributed by atoms with Crippen molar-refractivity contribution in [3.8, 4) is 11.8 Å². The van der Waals surface area contributed by atoms with Gasteiger partial charge in [0.1, 0.15) is 5.75 Å². The van der Waals surface area contributed by atoms with E-state index in [-0.39, 0.29) is 0 Å². The number of hydrogen-bond donors (Lipinski definition) is 0. The molecule has 0 saturated carbocycles. The summed E-state index contributed by atoms with van der Waals surface area (Å²) in [6, 6.07) is 7.65. The molecular formula is C13H17NO. The molecule has 0 fully saturated rings. The van der Waals surface area contributed by atoms with Gasteiger partial charge in [0.25, 0.3) is 0 Å². The fourth-order valence-corrected chi connectivity index (χ4v) is 1.23. The fraction of sp³-hybridized carbons (Fsp3) is 0.462. The Balaban J connectivity index is 2.64. The minimum atomic E-state index is 0.643. The molecule has 0 bridgehead atoms. The van der Waals surface area contributed by atoms with E-state index in [1.165, 1.54) is 0 Å². The normalized spacial score (nSPS) is 10.1. The van der Waals surface area contributed by atoms with Crippen LogP contribution in [-0.4, -0.2) is 6.61 Å². The molecule has 0 aliphatic carbocycles. The van der Waals surface area contributed by atoms with E-state index < -0.39 is 0 Å². The Hall–Kier alpha value is -1.49. The Kier molecular flexibility index (Phi) is 4.17. The molecule has 0 aliphatic heterocycles. The zero-order valence-corrected chi connectivity index (χ0v) is 9.58. The van der Waals surface area contributed by atoms with Crippen LogP contribution in [0.25, 0.3) is 0 Å². The average Bonchev–Trinajstić information content (AvgIpc) is 2.20. The van der Waals surface area contributed by atoms with Crippen LogP contribution in [0, 0.1) is 24.2 Å². The van der Waals surface area contributed by atoms with E-state index in [9.17, 15) is 0 Å². The first-order valence-electron chi connectivity index (χ1n) is 5.27. The van der Waals surface area contributed by atoms with Crippen molar-refractivity contribution in [2.24, 2.45) is 5.92 Å². The van der Waals surface area contributed by atoms with Crippen LogP contribution in [0.2, 0.25) is 0 Å².